The van der Waals surface area contributed by atoms with E-state index in [1.807, 2.05) is 0 Å². The number of nitrogens with zero attached hydrogens (tertiary/aromatic N) is 1. The Bertz CT molecular complexity index is 443. The van der Waals surface area contributed by atoms with Crippen molar-refractivity contribution in [1.82, 2.24) is 4.90 Å². The minimum Gasteiger partial charge on any atom is -0.497 e. The van der Waals surface area contributed by atoms with Crippen molar-refractivity contribution in [2.45, 2.75) is 25.7 Å². The summed E-state index contributed by atoms with van der Waals surface area (Å²) in [6, 6.07) is 4.06. The predicted molar refractivity (Wildman–Crippen MR) is 72.0 cm³/mol. The van der Waals surface area contributed by atoms with Gasteiger partial charge in [-0.25, -0.2) is 9.18 Å². The zero-order valence-electron chi connectivity index (χ0n) is 11.1. The van der Waals surface area contributed by atoms with Crippen molar-refractivity contribution in [1.29, 1.82) is 0 Å². The Kier molecular flexibility index (Phi) is 4.60. The Hall–Kier alpha value is -1.78. The molecule has 1 aliphatic rings. The normalized spacial score (nSPS) is 15.8. The molecule has 1 aliphatic heterocycles. The summed E-state index contributed by atoms with van der Waals surface area (Å²) in [7, 11) is 1.51. The molecule has 0 bridgehead atoms. The number of hydrogen-bond donors (Lipinski definition) is 1. The van der Waals surface area contributed by atoms with Crippen LogP contribution in [0.25, 0.3) is 0 Å². The van der Waals surface area contributed by atoms with Crippen LogP contribution in [0.15, 0.2) is 18.2 Å². The first-order valence-corrected chi connectivity index (χ1v) is 6.60. The molecular formula is C14H19FN2O2. The summed E-state index contributed by atoms with van der Waals surface area (Å²) in [6.45, 7) is 1.47. The molecule has 1 aromatic carbocycles. The number of halogens is 1. The van der Waals surface area contributed by atoms with E-state index < -0.39 is 5.82 Å². The van der Waals surface area contributed by atoms with Gasteiger partial charge in [0, 0.05) is 19.2 Å². The van der Waals surface area contributed by atoms with E-state index in [9.17, 15) is 9.18 Å². The first-order valence-electron chi connectivity index (χ1n) is 6.60. The van der Waals surface area contributed by atoms with Crippen LogP contribution in [-0.2, 0) is 0 Å². The van der Waals surface area contributed by atoms with Crippen molar-refractivity contribution in [2.75, 3.05) is 25.5 Å². The first kappa shape index (κ1) is 13.6. The number of hydrogen-bond acceptors (Lipinski definition) is 2. The van der Waals surface area contributed by atoms with Crippen LogP contribution in [0.1, 0.15) is 25.7 Å². The second kappa shape index (κ2) is 6.41. The van der Waals surface area contributed by atoms with E-state index in [4.69, 9.17) is 4.74 Å². The number of anilines is 1. The van der Waals surface area contributed by atoms with Gasteiger partial charge in [-0.05, 0) is 25.0 Å². The summed E-state index contributed by atoms with van der Waals surface area (Å²) in [6.07, 6.45) is 4.32. The van der Waals surface area contributed by atoms with Gasteiger partial charge in [-0.15, -0.1) is 0 Å². The lowest BCUT2D eigenvalue weighted by Crippen LogP contribution is -2.35. The van der Waals surface area contributed by atoms with E-state index in [-0.39, 0.29) is 11.7 Å². The summed E-state index contributed by atoms with van der Waals surface area (Å²) >= 11 is 0. The molecule has 1 N–H and O–H groups in total. The van der Waals surface area contributed by atoms with Crippen molar-refractivity contribution in [2.24, 2.45) is 0 Å². The molecule has 1 fully saturated rings. The van der Waals surface area contributed by atoms with Crippen molar-refractivity contribution < 1.29 is 13.9 Å². The van der Waals surface area contributed by atoms with Crippen molar-refractivity contribution in [3.63, 3.8) is 0 Å². The van der Waals surface area contributed by atoms with E-state index in [1.165, 1.54) is 25.3 Å². The Balaban J connectivity index is 2.05. The molecule has 0 aromatic heterocycles. The lowest BCUT2D eigenvalue weighted by Gasteiger charge is -2.21. The third-order valence-electron chi connectivity index (χ3n) is 3.31. The molecule has 0 atom stereocenters. The molecule has 0 radical (unpaired) electrons. The molecule has 2 rings (SSSR count). The Morgan fingerprint density at radius 2 is 1.95 bits per heavy atom. The fraction of sp³-hybridized carbons (Fsp3) is 0.500. The Morgan fingerprint density at radius 1 is 1.26 bits per heavy atom. The molecule has 19 heavy (non-hydrogen) atoms. The van der Waals surface area contributed by atoms with Crippen LogP contribution in [-0.4, -0.2) is 31.1 Å². The number of carbonyl (C=O) groups is 1. The minimum absolute atomic E-state index is 0.161. The van der Waals surface area contributed by atoms with E-state index >= 15 is 0 Å². The van der Waals surface area contributed by atoms with E-state index in [2.05, 4.69) is 5.32 Å². The standard InChI is InChI=1S/C14H19FN2O2/c1-19-11-6-7-12(15)13(10-11)16-14(18)17-8-4-2-3-5-9-17/h6-7,10H,2-5,8-9H2,1H3,(H,16,18). The third-order valence-corrected chi connectivity index (χ3v) is 3.31. The lowest BCUT2D eigenvalue weighted by molar-refractivity contribution is 0.213. The van der Waals surface area contributed by atoms with Crippen LogP contribution >= 0.6 is 0 Å². The quantitative estimate of drug-likeness (QED) is 0.892. The number of likely N-dealkylation sites (tertiary alicyclic amines) is 1. The monoisotopic (exact) mass is 266 g/mol. The van der Waals surface area contributed by atoms with Gasteiger partial charge in [0.05, 0.1) is 12.8 Å². The molecule has 5 heteroatoms. The smallest absolute Gasteiger partial charge is 0.321 e. The highest BCUT2D eigenvalue weighted by atomic mass is 19.1. The largest absolute Gasteiger partial charge is 0.497 e. The number of benzene rings is 1. The average molecular weight is 266 g/mol. The topological polar surface area (TPSA) is 41.6 Å². The van der Waals surface area contributed by atoms with Crippen molar-refractivity contribution in [3.8, 4) is 5.75 Å². The summed E-state index contributed by atoms with van der Waals surface area (Å²) in [5.41, 5.74) is 0.161. The summed E-state index contributed by atoms with van der Waals surface area (Å²) in [5.74, 6) is 0.0662. The average Bonchev–Trinajstić information content (AvgIpc) is 2.70. The van der Waals surface area contributed by atoms with Gasteiger partial charge in [0.1, 0.15) is 11.6 Å². The van der Waals surface area contributed by atoms with Crippen LogP contribution in [0.2, 0.25) is 0 Å². The fourth-order valence-electron chi connectivity index (χ4n) is 2.20. The molecule has 1 heterocycles. The van der Waals surface area contributed by atoms with Gasteiger partial charge in [-0.2, -0.15) is 0 Å². The molecule has 0 aliphatic carbocycles. The van der Waals surface area contributed by atoms with Crippen LogP contribution in [0.3, 0.4) is 0 Å². The van der Waals surface area contributed by atoms with Crippen LogP contribution in [0.5, 0.6) is 5.75 Å². The van der Waals surface area contributed by atoms with Crippen molar-refractivity contribution >= 4 is 11.7 Å². The SMILES string of the molecule is COc1ccc(F)c(NC(=O)N2CCCCCC2)c1. The Labute approximate surface area is 112 Å². The van der Waals surface area contributed by atoms with E-state index in [0.717, 1.165) is 38.8 Å². The van der Waals surface area contributed by atoms with Gasteiger partial charge in [0.15, 0.2) is 0 Å². The highest BCUT2D eigenvalue weighted by Gasteiger charge is 2.17. The van der Waals surface area contributed by atoms with Gasteiger partial charge in [0.2, 0.25) is 0 Å². The third kappa shape index (κ3) is 3.59. The van der Waals surface area contributed by atoms with E-state index in [1.54, 1.807) is 4.90 Å². The number of methoxy groups -OCH3 is 1. The van der Waals surface area contributed by atoms with Crippen LogP contribution in [0.4, 0.5) is 14.9 Å². The zero-order chi connectivity index (χ0) is 13.7. The highest BCUT2D eigenvalue weighted by Crippen LogP contribution is 2.21. The van der Waals surface area contributed by atoms with Gasteiger partial charge >= 0.3 is 6.03 Å². The predicted octanol–water partition coefficient (Wildman–Crippen LogP) is 3.24. The molecule has 1 saturated heterocycles. The van der Waals surface area contributed by atoms with Crippen LogP contribution < -0.4 is 10.1 Å². The van der Waals surface area contributed by atoms with Gasteiger partial charge in [-0.3, -0.25) is 0 Å². The fourth-order valence-corrected chi connectivity index (χ4v) is 2.20. The molecule has 0 unspecified atom stereocenters. The Morgan fingerprint density at radius 3 is 2.58 bits per heavy atom. The molecule has 104 valence electrons. The van der Waals surface area contributed by atoms with Gasteiger partial charge < -0.3 is 15.0 Å². The number of ether oxygens (including phenoxy) is 1. The van der Waals surface area contributed by atoms with Gasteiger partial charge in [-0.1, -0.05) is 12.8 Å². The maximum absolute atomic E-state index is 13.6. The molecule has 4 nitrogen and oxygen atoms in total. The number of carbonyl (C=O) groups excluding carboxylic acids is 1. The van der Waals surface area contributed by atoms with Crippen LogP contribution in [0, 0.1) is 5.82 Å². The molecule has 2 amide bonds. The number of amides is 2. The first-order chi connectivity index (χ1) is 9.20. The second-order valence-corrected chi connectivity index (χ2v) is 4.68. The maximum atomic E-state index is 13.6. The second-order valence-electron chi connectivity index (χ2n) is 4.68. The molecule has 0 spiro atoms. The maximum Gasteiger partial charge on any atom is 0.321 e. The summed E-state index contributed by atoms with van der Waals surface area (Å²) < 4.78 is 18.7. The van der Waals surface area contributed by atoms with Crippen molar-refractivity contribution in [3.05, 3.63) is 24.0 Å². The lowest BCUT2D eigenvalue weighted by atomic mass is 10.2. The molecule has 0 saturated carbocycles. The number of rotatable bonds is 2. The number of urea groups is 1. The molecule has 1 aromatic rings. The van der Waals surface area contributed by atoms with E-state index in [0.29, 0.717) is 5.75 Å². The summed E-state index contributed by atoms with van der Waals surface area (Å²) in [4.78, 5) is 13.8. The zero-order valence-corrected chi connectivity index (χ0v) is 11.1. The number of nitrogens with one attached hydrogen (secondary N) is 1. The molecular weight excluding hydrogens is 247 g/mol. The highest BCUT2D eigenvalue weighted by molar-refractivity contribution is 5.89. The van der Waals surface area contributed by atoms with Gasteiger partial charge in [0.25, 0.3) is 0 Å². The summed E-state index contributed by atoms with van der Waals surface area (Å²) in [5, 5.41) is 2.61. The minimum atomic E-state index is -0.455.